The number of ether oxygens (including phenoxy) is 1. The zero-order chi connectivity index (χ0) is 22.5. The molecule has 1 N–H and O–H groups in total. The molecule has 0 bridgehead atoms. The van der Waals surface area contributed by atoms with Crippen LogP contribution in [-0.2, 0) is 30.4 Å². The molecule has 0 fully saturated rings. The zero-order valence-corrected chi connectivity index (χ0v) is 19.5. The topological polar surface area (TPSA) is 55.4 Å². The maximum Gasteiger partial charge on any atom is 0.341 e. The second kappa shape index (κ2) is 10.1. The molecule has 1 heterocycles. The van der Waals surface area contributed by atoms with Crippen LogP contribution in [0.15, 0.2) is 54.6 Å². The van der Waals surface area contributed by atoms with Crippen LogP contribution in [0.25, 0.3) is 0 Å². The van der Waals surface area contributed by atoms with E-state index in [9.17, 15) is 9.59 Å². The normalized spacial score (nSPS) is 15.1. The Bertz CT molecular complexity index is 1100. The van der Waals surface area contributed by atoms with E-state index in [-0.39, 0.29) is 11.9 Å². The Labute approximate surface area is 193 Å². The number of esters is 1. The van der Waals surface area contributed by atoms with Crippen LogP contribution in [0, 0.1) is 5.92 Å². The minimum absolute atomic E-state index is 0.175. The summed E-state index contributed by atoms with van der Waals surface area (Å²) < 4.78 is 5.33. The average molecular weight is 448 g/mol. The van der Waals surface area contributed by atoms with Gasteiger partial charge in [-0.1, -0.05) is 55.5 Å². The Morgan fingerprint density at radius 2 is 1.81 bits per heavy atom. The lowest BCUT2D eigenvalue weighted by molar-refractivity contribution is 0.0526. The van der Waals surface area contributed by atoms with E-state index in [0.29, 0.717) is 28.7 Å². The lowest BCUT2D eigenvalue weighted by atomic mass is 9.88. The smallest absolute Gasteiger partial charge is 0.341 e. The van der Waals surface area contributed by atoms with E-state index in [4.69, 9.17) is 4.74 Å². The van der Waals surface area contributed by atoms with Gasteiger partial charge in [0.05, 0.1) is 12.2 Å². The van der Waals surface area contributed by atoms with Gasteiger partial charge in [0.15, 0.2) is 0 Å². The van der Waals surface area contributed by atoms with Gasteiger partial charge in [0, 0.05) is 10.4 Å². The Morgan fingerprint density at radius 3 is 2.59 bits per heavy atom. The van der Waals surface area contributed by atoms with Gasteiger partial charge in [-0.2, -0.15) is 0 Å². The fourth-order valence-electron chi connectivity index (χ4n) is 4.31. The number of benzene rings is 2. The summed E-state index contributed by atoms with van der Waals surface area (Å²) in [5.41, 5.74) is 4.50. The molecule has 1 atom stereocenters. The number of carbonyl (C=O) groups is 2. The third kappa shape index (κ3) is 4.94. The van der Waals surface area contributed by atoms with Gasteiger partial charge < -0.3 is 10.1 Å². The summed E-state index contributed by atoms with van der Waals surface area (Å²) in [4.78, 5) is 27.3. The van der Waals surface area contributed by atoms with Gasteiger partial charge in [-0.25, -0.2) is 4.79 Å². The maximum atomic E-state index is 13.3. The molecule has 4 rings (SSSR count). The molecule has 0 aliphatic heterocycles. The van der Waals surface area contributed by atoms with Gasteiger partial charge in [0.25, 0.3) is 5.91 Å². The summed E-state index contributed by atoms with van der Waals surface area (Å²) in [6.45, 7) is 4.35. The predicted octanol–water partition coefficient (Wildman–Crippen LogP) is 6.09. The molecule has 1 unspecified atom stereocenters. The second-order valence-corrected chi connectivity index (χ2v) is 9.48. The van der Waals surface area contributed by atoms with Crippen molar-refractivity contribution in [2.45, 2.75) is 46.0 Å². The molecule has 2 aromatic carbocycles. The highest BCUT2D eigenvalue weighted by molar-refractivity contribution is 7.17. The van der Waals surface area contributed by atoms with Crippen LogP contribution >= 0.6 is 11.3 Å². The first kappa shape index (κ1) is 22.3. The SMILES string of the molecule is CCOC(=O)c1c(NC(=O)c2ccccc2CCc2ccccc2)sc2c1CCC(C)C2. The summed E-state index contributed by atoms with van der Waals surface area (Å²) in [7, 11) is 0. The molecule has 0 radical (unpaired) electrons. The van der Waals surface area contributed by atoms with E-state index in [2.05, 4.69) is 24.4 Å². The van der Waals surface area contributed by atoms with Gasteiger partial charge in [0.1, 0.15) is 5.00 Å². The van der Waals surface area contributed by atoms with Crippen LogP contribution in [-0.4, -0.2) is 18.5 Å². The van der Waals surface area contributed by atoms with Gasteiger partial charge in [0.2, 0.25) is 0 Å². The highest BCUT2D eigenvalue weighted by Gasteiger charge is 2.29. The van der Waals surface area contributed by atoms with E-state index in [0.717, 1.165) is 43.2 Å². The molecule has 1 amide bonds. The Balaban J connectivity index is 1.59. The molecule has 3 aromatic rings. The van der Waals surface area contributed by atoms with E-state index in [1.54, 1.807) is 6.92 Å². The van der Waals surface area contributed by atoms with Crippen molar-refractivity contribution < 1.29 is 14.3 Å². The third-order valence-corrected chi connectivity index (χ3v) is 7.18. The number of amides is 1. The number of hydrogen-bond acceptors (Lipinski definition) is 4. The van der Waals surface area contributed by atoms with Gasteiger partial charge in [-0.15, -0.1) is 11.3 Å². The predicted molar refractivity (Wildman–Crippen MR) is 130 cm³/mol. The molecule has 0 spiro atoms. The van der Waals surface area contributed by atoms with Crippen molar-refractivity contribution in [1.82, 2.24) is 0 Å². The molecule has 32 heavy (non-hydrogen) atoms. The van der Waals surface area contributed by atoms with Crippen molar-refractivity contribution in [2.24, 2.45) is 5.92 Å². The molecular weight excluding hydrogens is 418 g/mol. The average Bonchev–Trinajstić information content (AvgIpc) is 3.15. The molecule has 166 valence electrons. The van der Waals surface area contributed by atoms with Gasteiger partial charge in [-0.05, 0) is 67.7 Å². The minimum atomic E-state index is -0.341. The summed E-state index contributed by atoms with van der Waals surface area (Å²) in [5, 5.41) is 3.67. The number of fused-ring (bicyclic) bond motifs is 1. The highest BCUT2D eigenvalue weighted by atomic mass is 32.1. The molecule has 4 nitrogen and oxygen atoms in total. The number of carbonyl (C=O) groups excluding carboxylic acids is 2. The Hall–Kier alpha value is -2.92. The van der Waals surface area contributed by atoms with Crippen LogP contribution in [0.2, 0.25) is 0 Å². The number of thiophene rings is 1. The third-order valence-electron chi connectivity index (χ3n) is 6.01. The summed E-state index contributed by atoms with van der Waals surface area (Å²) in [6.07, 6.45) is 4.48. The summed E-state index contributed by atoms with van der Waals surface area (Å²) in [5.74, 6) is 0.0662. The maximum absolute atomic E-state index is 13.3. The highest BCUT2D eigenvalue weighted by Crippen LogP contribution is 2.40. The molecule has 1 aliphatic carbocycles. The zero-order valence-electron chi connectivity index (χ0n) is 18.6. The Morgan fingerprint density at radius 1 is 1.06 bits per heavy atom. The van der Waals surface area contributed by atoms with E-state index >= 15 is 0 Å². The van der Waals surface area contributed by atoms with Crippen molar-refractivity contribution in [3.05, 3.63) is 87.3 Å². The van der Waals surface area contributed by atoms with E-state index in [1.165, 1.54) is 21.8 Å². The first-order valence-electron chi connectivity index (χ1n) is 11.3. The number of anilines is 1. The second-order valence-electron chi connectivity index (χ2n) is 8.37. The van der Waals surface area contributed by atoms with Crippen LogP contribution in [0.1, 0.15) is 62.6 Å². The fraction of sp³-hybridized carbons (Fsp3) is 0.333. The standard InChI is InChI=1S/C27H29NO3S/c1-3-31-27(30)24-22-16-13-18(2)17-23(22)32-26(24)28-25(29)21-12-8-7-11-20(21)15-14-19-9-5-4-6-10-19/h4-12,18H,3,13-17H2,1-2H3,(H,28,29). The first-order valence-corrected chi connectivity index (χ1v) is 12.1. The lowest BCUT2D eigenvalue weighted by Gasteiger charge is -2.18. The Kier molecular flexibility index (Phi) is 7.05. The first-order chi connectivity index (χ1) is 15.6. The molecule has 0 saturated heterocycles. The quantitative estimate of drug-likeness (QED) is 0.446. The van der Waals surface area contributed by atoms with Crippen LogP contribution in [0.5, 0.6) is 0 Å². The minimum Gasteiger partial charge on any atom is -0.462 e. The van der Waals surface area contributed by atoms with E-state index < -0.39 is 0 Å². The lowest BCUT2D eigenvalue weighted by Crippen LogP contribution is -2.17. The largest absolute Gasteiger partial charge is 0.462 e. The number of hydrogen-bond donors (Lipinski definition) is 1. The molecule has 1 aliphatic rings. The fourth-order valence-corrected chi connectivity index (χ4v) is 5.71. The van der Waals surface area contributed by atoms with Crippen molar-refractivity contribution in [3.8, 4) is 0 Å². The van der Waals surface area contributed by atoms with Crippen molar-refractivity contribution >= 4 is 28.2 Å². The van der Waals surface area contributed by atoms with Crippen LogP contribution in [0.3, 0.4) is 0 Å². The van der Waals surface area contributed by atoms with Crippen LogP contribution < -0.4 is 5.32 Å². The van der Waals surface area contributed by atoms with Gasteiger partial charge in [-0.3, -0.25) is 4.79 Å². The number of aryl methyl sites for hydroxylation is 2. The van der Waals surface area contributed by atoms with Crippen molar-refractivity contribution in [3.63, 3.8) is 0 Å². The van der Waals surface area contributed by atoms with Crippen LogP contribution in [0.4, 0.5) is 5.00 Å². The summed E-state index contributed by atoms with van der Waals surface area (Å²) in [6, 6.07) is 18.0. The number of rotatable bonds is 7. The van der Waals surface area contributed by atoms with Crippen molar-refractivity contribution in [1.29, 1.82) is 0 Å². The number of nitrogens with one attached hydrogen (secondary N) is 1. The van der Waals surface area contributed by atoms with Gasteiger partial charge >= 0.3 is 5.97 Å². The monoisotopic (exact) mass is 447 g/mol. The molecular formula is C27H29NO3S. The van der Waals surface area contributed by atoms with Crippen molar-refractivity contribution in [2.75, 3.05) is 11.9 Å². The molecule has 0 saturated carbocycles. The molecule has 5 heteroatoms. The summed E-state index contributed by atoms with van der Waals surface area (Å²) >= 11 is 1.53. The van der Waals surface area contributed by atoms with E-state index in [1.807, 2.05) is 42.5 Å². The molecule has 1 aromatic heterocycles.